The third kappa shape index (κ3) is 5.62. The fraction of sp³-hybridized carbons (Fsp3) is 0.800. The quantitative estimate of drug-likeness (QED) is 0.611. The van der Waals surface area contributed by atoms with E-state index in [1.165, 1.54) is 5.20 Å². The summed E-state index contributed by atoms with van der Waals surface area (Å²) in [6.45, 7) is 12.2. The lowest BCUT2D eigenvalue weighted by molar-refractivity contribution is 0.0932. The van der Waals surface area contributed by atoms with Gasteiger partial charge in [-0.3, -0.25) is 0 Å². The van der Waals surface area contributed by atoms with Crippen LogP contribution in [0.3, 0.4) is 0 Å². The van der Waals surface area contributed by atoms with E-state index in [0.29, 0.717) is 19.8 Å². The zero-order chi connectivity index (χ0) is 11.7. The van der Waals surface area contributed by atoms with Crippen molar-refractivity contribution in [2.24, 2.45) is 0 Å². The van der Waals surface area contributed by atoms with Crippen LogP contribution < -0.4 is 0 Å². The topological polar surface area (TPSA) is 27.7 Å². The Morgan fingerprint density at radius 1 is 1.07 bits per heavy atom. The van der Waals surface area contributed by atoms with E-state index < -0.39 is 17.4 Å². The molecular formula is C10H24O3Si2. The minimum absolute atomic E-state index is 0.557. The molecule has 0 radical (unpaired) electrons. The van der Waals surface area contributed by atoms with Crippen LogP contribution in [-0.2, 0) is 13.3 Å². The third-order valence-corrected chi connectivity index (χ3v) is 10.5. The summed E-state index contributed by atoms with van der Waals surface area (Å²) < 4.78 is 17.4. The molecule has 3 nitrogen and oxygen atoms in total. The van der Waals surface area contributed by atoms with Gasteiger partial charge in [0.1, 0.15) is 9.04 Å². The molecule has 0 spiro atoms. The molecule has 0 amide bonds. The highest BCUT2D eigenvalue weighted by Crippen LogP contribution is 2.11. The summed E-state index contributed by atoms with van der Waals surface area (Å²) in [5.74, 6) is 0. The van der Waals surface area contributed by atoms with Crippen molar-refractivity contribution in [1.29, 1.82) is 0 Å². The molecule has 0 unspecified atom stereocenters. The number of hydrogen-bond acceptors (Lipinski definition) is 3. The Balaban J connectivity index is 4.59. The van der Waals surface area contributed by atoms with Crippen molar-refractivity contribution >= 4 is 17.4 Å². The predicted molar refractivity (Wildman–Crippen MR) is 68.6 cm³/mol. The van der Waals surface area contributed by atoms with Crippen LogP contribution in [0.25, 0.3) is 0 Å². The summed E-state index contributed by atoms with van der Waals surface area (Å²) in [6.07, 6.45) is 2.14. The minimum atomic E-state index is -2.31. The van der Waals surface area contributed by atoms with Crippen molar-refractivity contribution in [1.82, 2.24) is 0 Å². The lowest BCUT2D eigenvalue weighted by Gasteiger charge is -2.28. The van der Waals surface area contributed by atoms with E-state index in [4.69, 9.17) is 13.3 Å². The highest BCUT2D eigenvalue weighted by Gasteiger charge is 2.39. The molecule has 5 heteroatoms. The second-order valence-corrected chi connectivity index (χ2v) is 10.7. The van der Waals surface area contributed by atoms with Gasteiger partial charge in [-0.1, -0.05) is 11.3 Å². The van der Waals surface area contributed by atoms with Gasteiger partial charge < -0.3 is 13.3 Å². The van der Waals surface area contributed by atoms with E-state index in [9.17, 15) is 0 Å². The number of hydrogen-bond donors (Lipinski definition) is 0. The Bertz CT molecular complexity index is 178. The van der Waals surface area contributed by atoms with Gasteiger partial charge in [-0.15, -0.1) is 0 Å². The highest BCUT2D eigenvalue weighted by molar-refractivity contribution is 7.17. The molecule has 0 fully saturated rings. The van der Waals surface area contributed by atoms with E-state index >= 15 is 0 Å². The van der Waals surface area contributed by atoms with E-state index in [-0.39, 0.29) is 0 Å². The maximum atomic E-state index is 5.80. The smallest absolute Gasteiger partial charge is 0.377 e. The standard InChI is InChI=1S/C10H24O3Si2/c1-6-10(5)14-15(11-7-2,12-8-3)13-9-4/h6H,7-9,14H2,1-5H3. The molecule has 15 heavy (non-hydrogen) atoms. The normalized spacial score (nSPS) is 14.1. The first-order chi connectivity index (χ1) is 7.14. The largest absolute Gasteiger partial charge is 0.467 e. The van der Waals surface area contributed by atoms with Crippen LogP contribution in [0, 0.1) is 0 Å². The maximum Gasteiger partial charge on any atom is 0.467 e. The molecule has 0 saturated carbocycles. The molecular weight excluding hydrogens is 224 g/mol. The predicted octanol–water partition coefficient (Wildman–Crippen LogP) is 1.62. The number of allylic oxidation sites excluding steroid dienone is 2. The van der Waals surface area contributed by atoms with Crippen molar-refractivity contribution in [3.8, 4) is 0 Å². The maximum absolute atomic E-state index is 5.80. The van der Waals surface area contributed by atoms with E-state index in [2.05, 4.69) is 19.9 Å². The van der Waals surface area contributed by atoms with Gasteiger partial charge in [0.2, 0.25) is 0 Å². The molecule has 0 rings (SSSR count). The van der Waals surface area contributed by atoms with Gasteiger partial charge in [0.15, 0.2) is 0 Å². The molecule has 0 saturated heterocycles. The average Bonchev–Trinajstić information content (AvgIpc) is 2.18. The van der Waals surface area contributed by atoms with Gasteiger partial charge in [0.05, 0.1) is 0 Å². The van der Waals surface area contributed by atoms with E-state index in [1.54, 1.807) is 0 Å². The molecule has 0 aliphatic heterocycles. The third-order valence-electron chi connectivity index (χ3n) is 2.08. The second kappa shape index (κ2) is 8.23. The molecule has 0 N–H and O–H groups in total. The van der Waals surface area contributed by atoms with Crippen LogP contribution in [0.1, 0.15) is 34.6 Å². The van der Waals surface area contributed by atoms with E-state index in [1.807, 2.05) is 20.8 Å². The lowest BCUT2D eigenvalue weighted by Crippen LogP contribution is -2.52. The Hall–Kier alpha value is 0.0538. The van der Waals surface area contributed by atoms with Crippen molar-refractivity contribution in [2.75, 3.05) is 19.8 Å². The second-order valence-electron chi connectivity index (χ2n) is 3.29. The molecule has 0 atom stereocenters. The zero-order valence-electron chi connectivity index (χ0n) is 10.6. The van der Waals surface area contributed by atoms with Crippen LogP contribution in [0.5, 0.6) is 0 Å². The monoisotopic (exact) mass is 248 g/mol. The van der Waals surface area contributed by atoms with Crippen molar-refractivity contribution in [2.45, 2.75) is 34.6 Å². The highest BCUT2D eigenvalue weighted by atomic mass is 29.2. The van der Waals surface area contributed by atoms with Crippen LogP contribution in [0.4, 0.5) is 0 Å². The van der Waals surface area contributed by atoms with Crippen LogP contribution >= 0.6 is 0 Å². The van der Waals surface area contributed by atoms with Gasteiger partial charge in [0.25, 0.3) is 0 Å². The Morgan fingerprint density at radius 2 is 1.47 bits per heavy atom. The fourth-order valence-corrected chi connectivity index (χ4v) is 9.56. The summed E-state index contributed by atoms with van der Waals surface area (Å²) in [5, 5.41) is 1.40. The van der Waals surface area contributed by atoms with Gasteiger partial charge in [-0.05, 0) is 34.6 Å². The average molecular weight is 248 g/mol. The lowest BCUT2D eigenvalue weighted by atomic mass is 10.6. The molecule has 0 aliphatic rings. The van der Waals surface area contributed by atoms with Crippen LogP contribution in [0.2, 0.25) is 0 Å². The molecule has 0 heterocycles. The molecule has 0 aliphatic carbocycles. The summed E-state index contributed by atoms with van der Waals surface area (Å²) >= 11 is 0. The van der Waals surface area contributed by atoms with Gasteiger partial charge in [0, 0.05) is 19.8 Å². The van der Waals surface area contributed by atoms with Crippen molar-refractivity contribution in [3.05, 3.63) is 11.3 Å². The van der Waals surface area contributed by atoms with Crippen molar-refractivity contribution in [3.63, 3.8) is 0 Å². The molecule has 0 aromatic heterocycles. The SMILES string of the molecule is CC=C(C)[SiH2][Si](OCC)(OCC)OCC. The first-order valence-electron chi connectivity index (χ1n) is 5.67. The van der Waals surface area contributed by atoms with Crippen molar-refractivity contribution < 1.29 is 13.3 Å². The number of rotatable bonds is 8. The Kier molecular flexibility index (Phi) is 8.26. The van der Waals surface area contributed by atoms with Gasteiger partial charge in [-0.25, -0.2) is 0 Å². The summed E-state index contributed by atoms with van der Waals surface area (Å²) in [5.41, 5.74) is 0. The van der Waals surface area contributed by atoms with Gasteiger partial charge in [-0.2, -0.15) is 0 Å². The van der Waals surface area contributed by atoms with Gasteiger partial charge >= 0.3 is 8.32 Å². The summed E-state index contributed by atoms with van der Waals surface area (Å²) in [6, 6.07) is 0. The molecule has 0 bridgehead atoms. The molecule has 90 valence electrons. The first-order valence-corrected chi connectivity index (χ1v) is 10.4. The summed E-state index contributed by atoms with van der Waals surface area (Å²) in [7, 11) is -2.87. The minimum Gasteiger partial charge on any atom is -0.377 e. The first kappa shape index (κ1) is 15.1. The van der Waals surface area contributed by atoms with E-state index in [0.717, 1.165) is 0 Å². The summed E-state index contributed by atoms with van der Waals surface area (Å²) in [4.78, 5) is 0. The fourth-order valence-electron chi connectivity index (χ4n) is 1.38. The Morgan fingerprint density at radius 3 is 1.73 bits per heavy atom. The Labute approximate surface area is 96.8 Å². The van der Waals surface area contributed by atoms with Crippen LogP contribution in [-0.4, -0.2) is 37.2 Å². The van der Waals surface area contributed by atoms with Crippen LogP contribution in [0.15, 0.2) is 11.3 Å². The molecule has 0 aromatic carbocycles. The molecule has 0 aromatic rings. The zero-order valence-corrected chi connectivity index (χ0v) is 13.0.